The number of aryl methyl sites for hydroxylation is 1. The third-order valence-electron chi connectivity index (χ3n) is 3.44. The molecule has 0 spiro atoms. The van der Waals surface area contributed by atoms with E-state index < -0.39 is 0 Å². The summed E-state index contributed by atoms with van der Waals surface area (Å²) in [7, 11) is 0. The standard InChI is InChI=1S/C15H13BrCl2N2S/c1-9(13-4-5-14(18)21-13)20-12-8-10(16)2-3-11(12)19-15(20)6-7-17/h2-5,8-9H,6-7H2,1H3. The lowest BCUT2D eigenvalue weighted by Crippen LogP contribution is -2.10. The number of benzene rings is 1. The molecule has 0 N–H and O–H groups in total. The van der Waals surface area contributed by atoms with Crippen LogP contribution in [0.15, 0.2) is 34.8 Å². The summed E-state index contributed by atoms with van der Waals surface area (Å²) in [6.45, 7) is 2.17. The molecule has 6 heteroatoms. The van der Waals surface area contributed by atoms with Crippen LogP contribution < -0.4 is 0 Å². The molecule has 3 aromatic rings. The highest BCUT2D eigenvalue weighted by atomic mass is 79.9. The smallest absolute Gasteiger partial charge is 0.111 e. The zero-order chi connectivity index (χ0) is 15.0. The molecule has 2 nitrogen and oxygen atoms in total. The first kappa shape index (κ1) is 15.3. The first-order valence-corrected chi connectivity index (χ1v) is 9.10. The number of fused-ring (bicyclic) bond motifs is 1. The van der Waals surface area contributed by atoms with E-state index >= 15 is 0 Å². The van der Waals surface area contributed by atoms with Crippen molar-refractivity contribution in [2.45, 2.75) is 19.4 Å². The second-order valence-electron chi connectivity index (χ2n) is 4.79. The average Bonchev–Trinajstić information content (AvgIpc) is 3.02. The second kappa shape index (κ2) is 6.29. The van der Waals surface area contributed by atoms with E-state index in [0.29, 0.717) is 5.88 Å². The normalized spacial score (nSPS) is 13.0. The summed E-state index contributed by atoms with van der Waals surface area (Å²) in [6, 6.07) is 10.3. The van der Waals surface area contributed by atoms with Gasteiger partial charge in [0, 0.05) is 21.7 Å². The minimum absolute atomic E-state index is 0.181. The molecule has 0 aliphatic rings. The zero-order valence-electron chi connectivity index (χ0n) is 11.3. The van der Waals surface area contributed by atoms with Gasteiger partial charge in [-0.05, 0) is 37.3 Å². The molecule has 2 aromatic heterocycles. The summed E-state index contributed by atoms with van der Waals surface area (Å²) in [6.07, 6.45) is 0.747. The van der Waals surface area contributed by atoms with Crippen LogP contribution in [0.4, 0.5) is 0 Å². The highest BCUT2D eigenvalue weighted by molar-refractivity contribution is 9.10. The van der Waals surface area contributed by atoms with Crippen molar-refractivity contribution < 1.29 is 0 Å². The molecule has 1 aromatic carbocycles. The number of aromatic nitrogens is 2. The van der Waals surface area contributed by atoms with E-state index in [4.69, 9.17) is 28.2 Å². The Morgan fingerprint density at radius 2 is 2.14 bits per heavy atom. The Morgan fingerprint density at radius 1 is 1.33 bits per heavy atom. The third-order valence-corrected chi connectivity index (χ3v) is 5.52. The maximum absolute atomic E-state index is 6.08. The SMILES string of the molecule is CC(c1ccc(Cl)s1)n1c(CCCl)nc2ccc(Br)cc21. The van der Waals surface area contributed by atoms with Crippen molar-refractivity contribution in [3.8, 4) is 0 Å². The Bertz CT molecular complexity index is 781. The van der Waals surface area contributed by atoms with Gasteiger partial charge in [0.15, 0.2) is 0 Å². The maximum atomic E-state index is 6.08. The molecule has 2 heterocycles. The van der Waals surface area contributed by atoms with Crippen molar-refractivity contribution in [3.63, 3.8) is 0 Å². The van der Waals surface area contributed by atoms with E-state index in [9.17, 15) is 0 Å². The van der Waals surface area contributed by atoms with Crippen LogP contribution in [-0.4, -0.2) is 15.4 Å². The number of nitrogens with zero attached hydrogens (tertiary/aromatic N) is 2. The molecule has 3 rings (SSSR count). The van der Waals surface area contributed by atoms with Gasteiger partial charge in [0.1, 0.15) is 5.82 Å². The topological polar surface area (TPSA) is 17.8 Å². The van der Waals surface area contributed by atoms with Gasteiger partial charge in [0.05, 0.1) is 21.4 Å². The Labute approximate surface area is 145 Å². The van der Waals surface area contributed by atoms with Crippen molar-refractivity contribution in [1.82, 2.24) is 9.55 Å². The summed E-state index contributed by atoms with van der Waals surface area (Å²) < 4.78 is 4.11. The van der Waals surface area contributed by atoms with Gasteiger partial charge in [-0.3, -0.25) is 0 Å². The lowest BCUT2D eigenvalue weighted by Gasteiger charge is -2.16. The van der Waals surface area contributed by atoms with Crippen LogP contribution in [0.1, 0.15) is 23.7 Å². The molecule has 0 saturated heterocycles. The van der Waals surface area contributed by atoms with Gasteiger partial charge in [-0.25, -0.2) is 4.98 Å². The zero-order valence-corrected chi connectivity index (χ0v) is 15.2. The fraction of sp³-hybridized carbons (Fsp3) is 0.267. The molecule has 0 saturated carbocycles. The lowest BCUT2D eigenvalue weighted by molar-refractivity contribution is 0.633. The van der Waals surface area contributed by atoms with Crippen LogP contribution in [-0.2, 0) is 6.42 Å². The van der Waals surface area contributed by atoms with Crippen LogP contribution in [0.2, 0.25) is 4.34 Å². The highest BCUT2D eigenvalue weighted by Gasteiger charge is 2.18. The first-order chi connectivity index (χ1) is 10.1. The largest absolute Gasteiger partial charge is 0.320 e. The highest BCUT2D eigenvalue weighted by Crippen LogP contribution is 2.33. The minimum Gasteiger partial charge on any atom is -0.320 e. The number of rotatable bonds is 4. The molecule has 21 heavy (non-hydrogen) atoms. The molecule has 0 aliphatic carbocycles. The van der Waals surface area contributed by atoms with Gasteiger partial charge in [-0.1, -0.05) is 27.5 Å². The number of hydrogen-bond acceptors (Lipinski definition) is 2. The quantitative estimate of drug-likeness (QED) is 0.495. The van der Waals surface area contributed by atoms with Crippen LogP contribution in [0.3, 0.4) is 0 Å². The van der Waals surface area contributed by atoms with Crippen LogP contribution in [0.5, 0.6) is 0 Å². The Hall–Kier alpha value is -0.550. The molecule has 1 atom stereocenters. The Balaban J connectivity index is 2.18. The molecule has 110 valence electrons. The summed E-state index contributed by atoms with van der Waals surface area (Å²) in [5, 5.41) is 0. The number of imidazole rings is 1. The first-order valence-electron chi connectivity index (χ1n) is 6.57. The predicted octanol–water partition coefficient (Wildman–Crippen LogP) is 5.90. The van der Waals surface area contributed by atoms with Crippen molar-refractivity contribution in [2.24, 2.45) is 0 Å². The fourth-order valence-electron chi connectivity index (χ4n) is 2.49. The number of thiophene rings is 1. The van der Waals surface area contributed by atoms with E-state index in [2.05, 4.69) is 39.6 Å². The number of hydrogen-bond donors (Lipinski definition) is 0. The van der Waals surface area contributed by atoms with Gasteiger partial charge < -0.3 is 4.57 Å². The molecular formula is C15H13BrCl2N2S. The van der Waals surface area contributed by atoms with E-state index in [1.54, 1.807) is 11.3 Å². The average molecular weight is 404 g/mol. The van der Waals surface area contributed by atoms with E-state index in [1.807, 2.05) is 18.2 Å². The monoisotopic (exact) mass is 402 g/mol. The molecule has 0 radical (unpaired) electrons. The summed E-state index contributed by atoms with van der Waals surface area (Å²) in [4.78, 5) is 5.94. The molecule has 0 fully saturated rings. The maximum Gasteiger partial charge on any atom is 0.111 e. The van der Waals surface area contributed by atoms with Gasteiger partial charge in [-0.15, -0.1) is 22.9 Å². The summed E-state index contributed by atoms with van der Waals surface area (Å²) >= 11 is 17.2. The molecular weight excluding hydrogens is 391 g/mol. The van der Waals surface area contributed by atoms with E-state index in [1.165, 1.54) is 4.88 Å². The van der Waals surface area contributed by atoms with Gasteiger partial charge in [0.2, 0.25) is 0 Å². The van der Waals surface area contributed by atoms with E-state index in [-0.39, 0.29) is 6.04 Å². The van der Waals surface area contributed by atoms with Crippen molar-refractivity contribution in [3.05, 3.63) is 49.8 Å². The van der Waals surface area contributed by atoms with Crippen LogP contribution >= 0.6 is 50.5 Å². The second-order valence-corrected chi connectivity index (χ2v) is 7.83. The Kier molecular flexibility index (Phi) is 4.60. The molecule has 0 amide bonds. The third kappa shape index (κ3) is 3.00. The molecule has 0 bridgehead atoms. The Morgan fingerprint density at radius 3 is 2.81 bits per heavy atom. The van der Waals surface area contributed by atoms with Gasteiger partial charge in [-0.2, -0.15) is 0 Å². The van der Waals surface area contributed by atoms with E-state index in [0.717, 1.165) is 32.1 Å². The molecule has 0 aliphatic heterocycles. The predicted molar refractivity (Wildman–Crippen MR) is 95.0 cm³/mol. The van der Waals surface area contributed by atoms with Crippen molar-refractivity contribution in [1.29, 1.82) is 0 Å². The van der Waals surface area contributed by atoms with Crippen molar-refractivity contribution in [2.75, 3.05) is 5.88 Å². The molecule has 1 unspecified atom stereocenters. The van der Waals surface area contributed by atoms with Crippen LogP contribution in [0.25, 0.3) is 11.0 Å². The fourth-order valence-corrected chi connectivity index (χ4v) is 4.11. The number of halogens is 3. The van der Waals surface area contributed by atoms with Gasteiger partial charge in [0.25, 0.3) is 0 Å². The minimum atomic E-state index is 0.181. The summed E-state index contributed by atoms with van der Waals surface area (Å²) in [5.74, 6) is 1.57. The van der Waals surface area contributed by atoms with Crippen molar-refractivity contribution >= 4 is 61.5 Å². The van der Waals surface area contributed by atoms with Crippen LogP contribution in [0, 0.1) is 0 Å². The lowest BCUT2D eigenvalue weighted by atomic mass is 10.2. The van der Waals surface area contributed by atoms with Gasteiger partial charge >= 0.3 is 0 Å². The number of alkyl halides is 1. The summed E-state index contributed by atoms with van der Waals surface area (Å²) in [5.41, 5.74) is 2.11.